The Hall–Kier alpha value is -1.98. The Morgan fingerprint density at radius 3 is 2.36 bits per heavy atom. The van der Waals surface area contributed by atoms with Gasteiger partial charge in [-0.05, 0) is 25.0 Å². The van der Waals surface area contributed by atoms with Crippen LogP contribution in [0, 0.1) is 11.6 Å². The summed E-state index contributed by atoms with van der Waals surface area (Å²) >= 11 is 0. The van der Waals surface area contributed by atoms with Gasteiger partial charge in [0.25, 0.3) is 0 Å². The molecule has 0 heterocycles. The molecule has 2 amide bonds. The third-order valence-corrected chi connectivity index (χ3v) is 3.75. The summed E-state index contributed by atoms with van der Waals surface area (Å²) in [7, 11) is 0. The summed E-state index contributed by atoms with van der Waals surface area (Å²) in [5.41, 5.74) is -0.131. The molecule has 0 radical (unpaired) electrons. The molecule has 1 aromatic rings. The molecule has 0 aromatic heterocycles. The molecule has 1 saturated carbocycles. The summed E-state index contributed by atoms with van der Waals surface area (Å²) in [6.07, 6.45) is 6.01. The maximum Gasteiger partial charge on any atom is 0.233 e. The van der Waals surface area contributed by atoms with Crippen molar-refractivity contribution in [3.05, 3.63) is 29.8 Å². The van der Waals surface area contributed by atoms with Gasteiger partial charge in [0.1, 0.15) is 18.1 Å². The van der Waals surface area contributed by atoms with Crippen LogP contribution in [-0.2, 0) is 9.59 Å². The number of carbonyl (C=O) groups is 2. The third-order valence-electron chi connectivity index (χ3n) is 3.75. The predicted molar refractivity (Wildman–Crippen MR) is 79.2 cm³/mol. The van der Waals surface area contributed by atoms with Crippen LogP contribution in [0.25, 0.3) is 0 Å². The summed E-state index contributed by atoms with van der Waals surface area (Å²) in [6, 6.07) is 2.97. The lowest BCUT2D eigenvalue weighted by atomic mass is 10.1. The second-order valence-electron chi connectivity index (χ2n) is 5.61. The van der Waals surface area contributed by atoms with E-state index in [4.69, 9.17) is 0 Å². The van der Waals surface area contributed by atoms with Crippen molar-refractivity contribution in [2.75, 3.05) is 5.32 Å². The number of benzene rings is 1. The van der Waals surface area contributed by atoms with Crippen LogP contribution in [0.15, 0.2) is 18.2 Å². The lowest BCUT2D eigenvalue weighted by Crippen LogP contribution is -2.36. The second-order valence-corrected chi connectivity index (χ2v) is 5.61. The van der Waals surface area contributed by atoms with Gasteiger partial charge in [-0.3, -0.25) is 9.59 Å². The standard InChI is InChI=1S/C16H20F2N2O2/c17-11-7-8-14(13(18)9-11)20-16(22)10-15(21)19-12-5-3-1-2-4-6-12/h7-9,12H,1-6,10H2,(H,19,21)(H,20,22). The SMILES string of the molecule is O=C(CC(=O)NC1CCCCCC1)Nc1ccc(F)cc1F. The van der Waals surface area contributed by atoms with Crippen molar-refractivity contribution in [1.29, 1.82) is 0 Å². The van der Waals surface area contributed by atoms with Crippen LogP contribution in [0.4, 0.5) is 14.5 Å². The van der Waals surface area contributed by atoms with E-state index in [2.05, 4.69) is 10.6 Å². The largest absolute Gasteiger partial charge is 0.353 e. The molecule has 1 aromatic carbocycles. The minimum absolute atomic E-state index is 0.116. The monoisotopic (exact) mass is 310 g/mol. The van der Waals surface area contributed by atoms with Gasteiger partial charge in [-0.25, -0.2) is 8.78 Å². The van der Waals surface area contributed by atoms with Crippen molar-refractivity contribution < 1.29 is 18.4 Å². The molecular weight excluding hydrogens is 290 g/mol. The van der Waals surface area contributed by atoms with Crippen LogP contribution in [0.5, 0.6) is 0 Å². The molecule has 0 atom stereocenters. The molecule has 22 heavy (non-hydrogen) atoms. The Kier molecular flexibility index (Phi) is 5.86. The van der Waals surface area contributed by atoms with Crippen molar-refractivity contribution >= 4 is 17.5 Å². The van der Waals surface area contributed by atoms with Gasteiger partial charge < -0.3 is 10.6 Å². The van der Waals surface area contributed by atoms with Crippen LogP contribution in [0.2, 0.25) is 0 Å². The number of hydrogen-bond donors (Lipinski definition) is 2. The summed E-state index contributed by atoms with van der Waals surface area (Å²) < 4.78 is 26.2. The number of amides is 2. The van der Waals surface area contributed by atoms with Gasteiger partial charge in [-0.2, -0.15) is 0 Å². The summed E-state index contributed by atoms with van der Waals surface area (Å²) in [6.45, 7) is 0. The minimum atomic E-state index is -0.863. The van der Waals surface area contributed by atoms with Crippen LogP contribution >= 0.6 is 0 Å². The van der Waals surface area contributed by atoms with Crippen molar-refractivity contribution in [2.24, 2.45) is 0 Å². The van der Waals surface area contributed by atoms with E-state index in [0.717, 1.165) is 37.8 Å². The fourth-order valence-electron chi connectivity index (χ4n) is 2.63. The number of nitrogens with one attached hydrogen (secondary N) is 2. The van der Waals surface area contributed by atoms with Crippen molar-refractivity contribution in [1.82, 2.24) is 5.32 Å². The van der Waals surface area contributed by atoms with Gasteiger partial charge in [0, 0.05) is 12.1 Å². The molecular formula is C16H20F2N2O2. The quantitative estimate of drug-likeness (QED) is 0.663. The highest BCUT2D eigenvalue weighted by Gasteiger charge is 2.17. The molecule has 0 saturated heterocycles. The molecule has 0 aliphatic heterocycles. The normalized spacial score (nSPS) is 15.9. The van der Waals surface area contributed by atoms with E-state index in [-0.39, 0.29) is 24.1 Å². The zero-order valence-corrected chi connectivity index (χ0v) is 12.3. The Bertz CT molecular complexity index is 541. The molecule has 120 valence electrons. The average Bonchev–Trinajstić information content (AvgIpc) is 2.70. The van der Waals surface area contributed by atoms with Crippen molar-refractivity contribution in [3.63, 3.8) is 0 Å². The minimum Gasteiger partial charge on any atom is -0.353 e. The zero-order chi connectivity index (χ0) is 15.9. The van der Waals surface area contributed by atoms with Gasteiger partial charge in [-0.15, -0.1) is 0 Å². The molecule has 1 aliphatic carbocycles. The molecule has 1 fully saturated rings. The maximum atomic E-state index is 13.4. The van der Waals surface area contributed by atoms with Crippen LogP contribution in [0.3, 0.4) is 0 Å². The third kappa shape index (κ3) is 5.09. The Morgan fingerprint density at radius 1 is 1.05 bits per heavy atom. The smallest absolute Gasteiger partial charge is 0.233 e. The topological polar surface area (TPSA) is 58.2 Å². The van der Waals surface area contributed by atoms with Crippen LogP contribution < -0.4 is 10.6 Å². The van der Waals surface area contributed by atoms with Crippen LogP contribution in [-0.4, -0.2) is 17.9 Å². The highest BCUT2D eigenvalue weighted by molar-refractivity contribution is 6.03. The molecule has 2 rings (SSSR count). The first-order valence-corrected chi connectivity index (χ1v) is 7.59. The molecule has 1 aliphatic rings. The van der Waals surface area contributed by atoms with E-state index >= 15 is 0 Å². The number of anilines is 1. The first kappa shape index (κ1) is 16.4. The predicted octanol–water partition coefficient (Wildman–Crippen LogP) is 3.13. The molecule has 6 heteroatoms. The van der Waals surface area contributed by atoms with E-state index < -0.39 is 17.5 Å². The fraction of sp³-hybridized carbons (Fsp3) is 0.500. The van der Waals surface area contributed by atoms with Crippen LogP contribution in [0.1, 0.15) is 44.9 Å². The van der Waals surface area contributed by atoms with Gasteiger partial charge in [0.15, 0.2) is 0 Å². The molecule has 0 spiro atoms. The highest BCUT2D eigenvalue weighted by atomic mass is 19.1. The Labute approximate surface area is 128 Å². The summed E-state index contributed by atoms with van der Waals surface area (Å²) in [5.74, 6) is -2.57. The van der Waals surface area contributed by atoms with Gasteiger partial charge in [-0.1, -0.05) is 25.7 Å². The van der Waals surface area contributed by atoms with E-state index in [0.29, 0.717) is 6.07 Å². The number of carbonyl (C=O) groups excluding carboxylic acids is 2. The maximum absolute atomic E-state index is 13.4. The Balaban J connectivity index is 1.81. The van der Waals surface area contributed by atoms with Gasteiger partial charge in [0.2, 0.25) is 11.8 Å². The lowest BCUT2D eigenvalue weighted by Gasteiger charge is -2.16. The molecule has 0 bridgehead atoms. The molecule has 4 nitrogen and oxygen atoms in total. The molecule has 0 unspecified atom stereocenters. The van der Waals surface area contributed by atoms with E-state index in [9.17, 15) is 18.4 Å². The number of rotatable bonds is 4. The highest BCUT2D eigenvalue weighted by Crippen LogP contribution is 2.18. The molecule has 2 N–H and O–H groups in total. The fourth-order valence-corrected chi connectivity index (χ4v) is 2.63. The van der Waals surface area contributed by atoms with Gasteiger partial charge >= 0.3 is 0 Å². The summed E-state index contributed by atoms with van der Waals surface area (Å²) in [4.78, 5) is 23.6. The summed E-state index contributed by atoms with van der Waals surface area (Å²) in [5, 5.41) is 5.12. The number of halogens is 2. The van der Waals surface area contributed by atoms with Crippen molar-refractivity contribution in [3.8, 4) is 0 Å². The zero-order valence-electron chi connectivity index (χ0n) is 12.3. The van der Waals surface area contributed by atoms with Crippen molar-refractivity contribution in [2.45, 2.75) is 51.0 Å². The lowest BCUT2D eigenvalue weighted by molar-refractivity contribution is -0.127. The Morgan fingerprint density at radius 2 is 1.73 bits per heavy atom. The second kappa shape index (κ2) is 7.87. The first-order chi connectivity index (χ1) is 10.5. The average molecular weight is 310 g/mol. The first-order valence-electron chi connectivity index (χ1n) is 7.59. The van der Waals surface area contributed by atoms with E-state index in [1.165, 1.54) is 12.8 Å². The number of hydrogen-bond acceptors (Lipinski definition) is 2. The van der Waals surface area contributed by atoms with E-state index in [1.54, 1.807) is 0 Å². The van der Waals surface area contributed by atoms with Gasteiger partial charge in [0.05, 0.1) is 5.69 Å². The van der Waals surface area contributed by atoms with E-state index in [1.807, 2.05) is 0 Å².